The van der Waals surface area contributed by atoms with E-state index in [1.807, 2.05) is 4.68 Å². The Balaban J connectivity index is 2.08. The standard InChI is InChI=1S/C16H23N5/c1-13-8-7-9-14(12-13)21-15(17-18-19-21)16(20(2)3)10-5-4-6-11-16/h7-9,12H,4-6,10-11H2,1-3H3. The topological polar surface area (TPSA) is 46.8 Å². The Labute approximate surface area is 126 Å². The molecule has 0 N–H and O–H groups in total. The molecular formula is C16H23N5. The Morgan fingerprint density at radius 1 is 1.14 bits per heavy atom. The molecule has 1 aliphatic rings. The Bertz CT molecular complexity index is 611. The van der Waals surface area contributed by atoms with Crippen molar-refractivity contribution in [1.29, 1.82) is 0 Å². The lowest BCUT2D eigenvalue weighted by Crippen LogP contribution is -2.45. The quantitative estimate of drug-likeness (QED) is 0.870. The molecule has 0 atom stereocenters. The highest BCUT2D eigenvalue weighted by Gasteiger charge is 2.41. The molecule has 1 aromatic carbocycles. The summed E-state index contributed by atoms with van der Waals surface area (Å²) in [6, 6.07) is 8.35. The first-order chi connectivity index (χ1) is 10.1. The van der Waals surface area contributed by atoms with Crippen molar-refractivity contribution in [2.45, 2.75) is 44.6 Å². The van der Waals surface area contributed by atoms with Gasteiger partial charge in [-0.1, -0.05) is 31.4 Å². The molecule has 2 aromatic rings. The minimum absolute atomic E-state index is 0.0501. The van der Waals surface area contributed by atoms with Gasteiger partial charge in [-0.15, -0.1) is 5.10 Å². The summed E-state index contributed by atoms with van der Waals surface area (Å²) in [6.07, 6.45) is 6.01. The van der Waals surface area contributed by atoms with E-state index in [4.69, 9.17) is 0 Å². The monoisotopic (exact) mass is 285 g/mol. The molecule has 0 saturated heterocycles. The van der Waals surface area contributed by atoms with E-state index in [1.165, 1.54) is 24.8 Å². The van der Waals surface area contributed by atoms with Crippen LogP contribution in [0.25, 0.3) is 5.69 Å². The maximum atomic E-state index is 4.40. The molecule has 112 valence electrons. The molecule has 0 bridgehead atoms. The number of hydrogen-bond acceptors (Lipinski definition) is 4. The minimum Gasteiger partial charge on any atom is -0.297 e. The lowest BCUT2D eigenvalue weighted by Gasteiger charge is -2.41. The van der Waals surface area contributed by atoms with Crippen molar-refractivity contribution in [3.8, 4) is 5.69 Å². The molecule has 1 saturated carbocycles. The van der Waals surface area contributed by atoms with E-state index >= 15 is 0 Å². The predicted octanol–water partition coefficient (Wildman–Crippen LogP) is 2.69. The zero-order valence-corrected chi connectivity index (χ0v) is 13.1. The summed E-state index contributed by atoms with van der Waals surface area (Å²) < 4.78 is 1.92. The van der Waals surface area contributed by atoms with E-state index in [2.05, 4.69) is 65.7 Å². The first kappa shape index (κ1) is 14.2. The molecule has 0 radical (unpaired) electrons. The van der Waals surface area contributed by atoms with Gasteiger partial charge in [0, 0.05) is 0 Å². The van der Waals surface area contributed by atoms with E-state index in [0.29, 0.717) is 0 Å². The first-order valence-corrected chi connectivity index (χ1v) is 7.67. The van der Waals surface area contributed by atoms with Crippen LogP contribution in [0.4, 0.5) is 0 Å². The van der Waals surface area contributed by atoms with Gasteiger partial charge in [0.2, 0.25) is 0 Å². The maximum absolute atomic E-state index is 4.40. The van der Waals surface area contributed by atoms with Crippen molar-refractivity contribution in [2.75, 3.05) is 14.1 Å². The maximum Gasteiger partial charge on any atom is 0.176 e. The second-order valence-electron chi connectivity index (χ2n) is 6.24. The average molecular weight is 285 g/mol. The number of hydrogen-bond donors (Lipinski definition) is 0. The third-order valence-corrected chi connectivity index (χ3v) is 4.67. The highest BCUT2D eigenvalue weighted by atomic mass is 15.6. The molecule has 0 spiro atoms. The van der Waals surface area contributed by atoms with E-state index in [-0.39, 0.29) is 5.54 Å². The van der Waals surface area contributed by atoms with Crippen LogP contribution in [0.1, 0.15) is 43.5 Å². The summed E-state index contributed by atoms with van der Waals surface area (Å²) >= 11 is 0. The fraction of sp³-hybridized carbons (Fsp3) is 0.562. The zero-order chi connectivity index (χ0) is 14.9. The van der Waals surface area contributed by atoms with Gasteiger partial charge in [-0.05, 0) is 62.0 Å². The molecule has 0 amide bonds. The molecule has 1 aromatic heterocycles. The van der Waals surface area contributed by atoms with Gasteiger partial charge < -0.3 is 0 Å². The van der Waals surface area contributed by atoms with Crippen LogP contribution in [0.15, 0.2) is 24.3 Å². The van der Waals surface area contributed by atoms with Crippen molar-refractivity contribution in [2.24, 2.45) is 0 Å². The van der Waals surface area contributed by atoms with Gasteiger partial charge in [0.1, 0.15) is 0 Å². The van der Waals surface area contributed by atoms with Crippen molar-refractivity contribution in [3.05, 3.63) is 35.7 Å². The van der Waals surface area contributed by atoms with E-state index in [9.17, 15) is 0 Å². The summed E-state index contributed by atoms with van der Waals surface area (Å²) in [5, 5.41) is 12.6. The molecule has 1 aliphatic carbocycles. The zero-order valence-electron chi connectivity index (χ0n) is 13.1. The minimum atomic E-state index is -0.0501. The lowest BCUT2D eigenvalue weighted by atomic mass is 9.80. The normalized spacial score (nSPS) is 18.1. The SMILES string of the molecule is Cc1cccc(-n2nnnc2C2(N(C)C)CCCCC2)c1. The Morgan fingerprint density at radius 3 is 2.57 bits per heavy atom. The molecule has 1 heterocycles. The van der Waals surface area contributed by atoms with Gasteiger partial charge in [0.25, 0.3) is 0 Å². The Morgan fingerprint density at radius 2 is 1.90 bits per heavy atom. The molecule has 0 unspecified atom stereocenters. The van der Waals surface area contributed by atoms with Crippen LogP contribution in [-0.4, -0.2) is 39.2 Å². The van der Waals surface area contributed by atoms with Crippen molar-refractivity contribution in [1.82, 2.24) is 25.1 Å². The van der Waals surface area contributed by atoms with Crippen LogP contribution in [0.3, 0.4) is 0 Å². The fourth-order valence-corrected chi connectivity index (χ4v) is 3.42. The first-order valence-electron chi connectivity index (χ1n) is 7.67. The molecular weight excluding hydrogens is 262 g/mol. The third kappa shape index (κ3) is 2.46. The lowest BCUT2D eigenvalue weighted by molar-refractivity contribution is 0.0865. The van der Waals surface area contributed by atoms with Crippen molar-refractivity contribution in [3.63, 3.8) is 0 Å². The average Bonchev–Trinajstić information content (AvgIpc) is 2.97. The highest BCUT2D eigenvalue weighted by molar-refractivity contribution is 5.35. The van der Waals surface area contributed by atoms with Crippen LogP contribution in [0.2, 0.25) is 0 Å². The van der Waals surface area contributed by atoms with Crippen LogP contribution in [-0.2, 0) is 5.54 Å². The van der Waals surface area contributed by atoms with E-state index < -0.39 is 0 Å². The summed E-state index contributed by atoms with van der Waals surface area (Å²) in [5.41, 5.74) is 2.21. The number of aryl methyl sites for hydroxylation is 1. The van der Waals surface area contributed by atoms with Gasteiger partial charge in [-0.2, -0.15) is 4.68 Å². The third-order valence-electron chi connectivity index (χ3n) is 4.67. The molecule has 3 rings (SSSR count). The summed E-state index contributed by atoms with van der Waals surface area (Å²) in [6.45, 7) is 2.09. The molecule has 5 nitrogen and oxygen atoms in total. The van der Waals surface area contributed by atoms with Crippen LogP contribution in [0.5, 0.6) is 0 Å². The second-order valence-corrected chi connectivity index (χ2v) is 6.24. The predicted molar refractivity (Wildman–Crippen MR) is 82.3 cm³/mol. The molecule has 0 aliphatic heterocycles. The van der Waals surface area contributed by atoms with Crippen LogP contribution < -0.4 is 0 Å². The van der Waals surface area contributed by atoms with Gasteiger partial charge in [-0.3, -0.25) is 4.90 Å². The van der Waals surface area contributed by atoms with Gasteiger partial charge in [-0.25, -0.2) is 0 Å². The summed E-state index contributed by atoms with van der Waals surface area (Å²) in [4.78, 5) is 2.30. The van der Waals surface area contributed by atoms with Crippen molar-refractivity contribution < 1.29 is 0 Å². The number of rotatable bonds is 3. The largest absolute Gasteiger partial charge is 0.297 e. The van der Waals surface area contributed by atoms with Crippen LogP contribution in [0, 0.1) is 6.92 Å². The molecule has 1 fully saturated rings. The highest BCUT2D eigenvalue weighted by Crippen LogP contribution is 2.40. The van der Waals surface area contributed by atoms with E-state index in [1.54, 1.807) is 0 Å². The number of nitrogens with zero attached hydrogens (tertiary/aromatic N) is 5. The summed E-state index contributed by atoms with van der Waals surface area (Å²) in [7, 11) is 4.28. The van der Waals surface area contributed by atoms with E-state index in [0.717, 1.165) is 24.4 Å². The molecule has 5 heteroatoms. The second kappa shape index (κ2) is 5.56. The van der Waals surface area contributed by atoms with Crippen LogP contribution >= 0.6 is 0 Å². The smallest absolute Gasteiger partial charge is 0.176 e. The van der Waals surface area contributed by atoms with Gasteiger partial charge in [0.05, 0.1) is 11.2 Å². The number of benzene rings is 1. The van der Waals surface area contributed by atoms with Gasteiger partial charge in [0.15, 0.2) is 5.82 Å². The van der Waals surface area contributed by atoms with Crippen molar-refractivity contribution >= 4 is 0 Å². The Kier molecular flexibility index (Phi) is 3.76. The summed E-state index contributed by atoms with van der Waals surface area (Å²) in [5.74, 6) is 0.970. The Hall–Kier alpha value is -1.75. The fourth-order valence-electron chi connectivity index (χ4n) is 3.42. The number of aromatic nitrogens is 4. The van der Waals surface area contributed by atoms with Gasteiger partial charge >= 0.3 is 0 Å². The molecule has 21 heavy (non-hydrogen) atoms. The number of tetrazole rings is 1.